The number of nitrogens with zero attached hydrogens (tertiary/aromatic N) is 3. The summed E-state index contributed by atoms with van der Waals surface area (Å²) in [7, 11) is 3.80. The summed E-state index contributed by atoms with van der Waals surface area (Å²) < 4.78 is 1.83. The van der Waals surface area contributed by atoms with E-state index in [4.69, 9.17) is 24.2 Å². The van der Waals surface area contributed by atoms with Gasteiger partial charge in [0.05, 0.1) is 10.9 Å². The molecule has 0 spiro atoms. The molecule has 124 valence electrons. The lowest BCUT2D eigenvalue weighted by atomic mass is 9.98. The third-order valence-corrected chi connectivity index (χ3v) is 4.80. The number of benzene rings is 1. The van der Waals surface area contributed by atoms with Crippen LogP contribution in [0.25, 0.3) is 11.4 Å². The van der Waals surface area contributed by atoms with E-state index in [9.17, 15) is 0 Å². The van der Waals surface area contributed by atoms with Gasteiger partial charge in [0.2, 0.25) is 0 Å². The Bertz CT molecular complexity index is 861. The van der Waals surface area contributed by atoms with E-state index in [1.165, 1.54) is 0 Å². The molecule has 2 heterocycles. The normalized spacial score (nSPS) is 12.2. The first-order valence-corrected chi connectivity index (χ1v) is 8.52. The predicted octanol–water partition coefficient (Wildman–Crippen LogP) is 4.50. The van der Waals surface area contributed by atoms with Crippen LogP contribution in [0.3, 0.4) is 0 Å². The van der Waals surface area contributed by atoms with Gasteiger partial charge in [0.15, 0.2) is 0 Å². The van der Waals surface area contributed by atoms with E-state index in [2.05, 4.69) is 15.4 Å². The summed E-state index contributed by atoms with van der Waals surface area (Å²) in [6.07, 6.45) is 1.77. The van der Waals surface area contributed by atoms with Crippen molar-refractivity contribution in [2.24, 2.45) is 7.05 Å². The minimum Gasteiger partial charge on any atom is -0.373 e. The molecule has 6 heteroatoms. The maximum atomic E-state index is 6.09. The van der Waals surface area contributed by atoms with Crippen molar-refractivity contribution in [2.75, 3.05) is 12.4 Å². The molecular weight excluding hydrogens is 340 g/mol. The molecule has 0 aliphatic carbocycles. The average Bonchev–Trinajstić information content (AvgIpc) is 2.91. The van der Waals surface area contributed by atoms with Crippen LogP contribution in [0.4, 0.5) is 5.82 Å². The van der Waals surface area contributed by atoms with Crippen molar-refractivity contribution in [3.05, 3.63) is 64.3 Å². The van der Waals surface area contributed by atoms with Crippen LogP contribution in [-0.4, -0.2) is 21.8 Å². The smallest absolute Gasteiger partial charge is 0.129 e. The van der Waals surface area contributed by atoms with Crippen LogP contribution >= 0.6 is 24.2 Å². The van der Waals surface area contributed by atoms with Gasteiger partial charge in [-0.3, -0.25) is 9.67 Å². The van der Waals surface area contributed by atoms with Crippen molar-refractivity contribution in [3.63, 3.8) is 0 Å². The number of aryl methyl sites for hydroxylation is 2. The SMILES string of the molecule is CNc1c(C(S)c2ccc(Cl)cc2C)c(-c2ccccn2)nn1C. The predicted molar refractivity (Wildman–Crippen MR) is 103 cm³/mol. The highest BCUT2D eigenvalue weighted by atomic mass is 35.5. The lowest BCUT2D eigenvalue weighted by molar-refractivity contribution is 0.776. The first-order valence-electron chi connectivity index (χ1n) is 7.63. The largest absolute Gasteiger partial charge is 0.373 e. The molecule has 4 nitrogen and oxygen atoms in total. The van der Waals surface area contributed by atoms with E-state index in [0.29, 0.717) is 0 Å². The molecule has 0 saturated carbocycles. The van der Waals surface area contributed by atoms with E-state index in [0.717, 1.165) is 38.9 Å². The van der Waals surface area contributed by atoms with Crippen molar-refractivity contribution in [3.8, 4) is 11.4 Å². The number of halogens is 1. The summed E-state index contributed by atoms with van der Waals surface area (Å²) in [5.41, 5.74) is 4.87. The van der Waals surface area contributed by atoms with Crippen LogP contribution in [0.15, 0.2) is 42.6 Å². The van der Waals surface area contributed by atoms with E-state index in [1.54, 1.807) is 6.20 Å². The van der Waals surface area contributed by atoms with Crippen LogP contribution in [0, 0.1) is 6.92 Å². The number of rotatable bonds is 4. The van der Waals surface area contributed by atoms with E-state index < -0.39 is 0 Å². The summed E-state index contributed by atoms with van der Waals surface area (Å²) >= 11 is 11.0. The number of hydrogen-bond donors (Lipinski definition) is 2. The maximum absolute atomic E-state index is 6.09. The second kappa shape index (κ2) is 6.87. The Balaban J connectivity index is 2.19. The van der Waals surface area contributed by atoms with Crippen LogP contribution in [-0.2, 0) is 7.05 Å². The fraction of sp³-hybridized carbons (Fsp3) is 0.222. The minimum absolute atomic E-state index is 0.143. The van der Waals surface area contributed by atoms with Crippen LogP contribution in [0.2, 0.25) is 5.02 Å². The Hall–Kier alpha value is -1.98. The topological polar surface area (TPSA) is 42.7 Å². The van der Waals surface area contributed by atoms with Crippen LogP contribution < -0.4 is 5.32 Å². The zero-order valence-electron chi connectivity index (χ0n) is 13.8. The maximum Gasteiger partial charge on any atom is 0.129 e. The van der Waals surface area contributed by atoms with Crippen molar-refractivity contribution < 1.29 is 0 Å². The molecule has 24 heavy (non-hydrogen) atoms. The molecule has 3 aromatic rings. The first kappa shape index (κ1) is 16.9. The third-order valence-electron chi connectivity index (χ3n) is 4.03. The Morgan fingerprint density at radius 2 is 2.04 bits per heavy atom. The Morgan fingerprint density at radius 3 is 2.67 bits per heavy atom. The molecule has 1 unspecified atom stereocenters. The first-order chi connectivity index (χ1) is 11.5. The molecule has 0 radical (unpaired) electrons. The lowest BCUT2D eigenvalue weighted by Gasteiger charge is -2.17. The van der Waals surface area contributed by atoms with Gasteiger partial charge in [0, 0.05) is 30.9 Å². The third kappa shape index (κ3) is 3.01. The second-order valence-electron chi connectivity index (χ2n) is 5.60. The van der Waals surface area contributed by atoms with Gasteiger partial charge in [-0.2, -0.15) is 17.7 Å². The summed E-state index contributed by atoms with van der Waals surface area (Å²) in [6, 6.07) is 11.7. The monoisotopic (exact) mass is 358 g/mol. The van der Waals surface area contributed by atoms with E-state index >= 15 is 0 Å². The van der Waals surface area contributed by atoms with E-state index in [1.807, 2.05) is 62.1 Å². The van der Waals surface area contributed by atoms with Gasteiger partial charge in [-0.15, -0.1) is 0 Å². The molecule has 0 fully saturated rings. The van der Waals surface area contributed by atoms with Crippen LogP contribution in [0.1, 0.15) is 21.9 Å². The highest BCUT2D eigenvalue weighted by Crippen LogP contribution is 2.40. The van der Waals surface area contributed by atoms with E-state index in [-0.39, 0.29) is 5.25 Å². The lowest BCUT2D eigenvalue weighted by Crippen LogP contribution is -2.04. The van der Waals surface area contributed by atoms with Gasteiger partial charge < -0.3 is 5.32 Å². The molecular formula is C18H19ClN4S. The highest BCUT2D eigenvalue weighted by Gasteiger charge is 2.25. The van der Waals surface area contributed by atoms with Gasteiger partial charge in [0.1, 0.15) is 11.5 Å². The molecule has 1 atom stereocenters. The summed E-state index contributed by atoms with van der Waals surface area (Å²) in [5, 5.41) is 8.48. The Morgan fingerprint density at radius 1 is 1.25 bits per heavy atom. The molecule has 1 aromatic carbocycles. The zero-order valence-corrected chi connectivity index (χ0v) is 15.4. The quantitative estimate of drug-likeness (QED) is 0.674. The van der Waals surface area contributed by atoms with Gasteiger partial charge in [-0.1, -0.05) is 23.7 Å². The molecule has 3 rings (SSSR count). The van der Waals surface area contributed by atoms with Gasteiger partial charge in [-0.25, -0.2) is 0 Å². The Kier molecular flexibility index (Phi) is 4.83. The number of pyridine rings is 1. The zero-order chi connectivity index (χ0) is 17.3. The second-order valence-corrected chi connectivity index (χ2v) is 6.56. The van der Waals surface area contributed by atoms with Crippen molar-refractivity contribution in [2.45, 2.75) is 12.2 Å². The molecule has 0 aliphatic heterocycles. The number of hydrogen-bond acceptors (Lipinski definition) is 4. The summed E-state index contributed by atoms with van der Waals surface area (Å²) in [5.74, 6) is 0.921. The van der Waals surface area contributed by atoms with Gasteiger partial charge >= 0.3 is 0 Å². The number of thiol groups is 1. The molecule has 1 N–H and O–H groups in total. The number of anilines is 1. The number of aromatic nitrogens is 3. The average molecular weight is 359 g/mol. The number of nitrogens with one attached hydrogen (secondary N) is 1. The molecule has 0 amide bonds. The minimum atomic E-state index is -0.143. The molecule has 0 aliphatic rings. The molecule has 0 bridgehead atoms. The van der Waals surface area contributed by atoms with Crippen molar-refractivity contribution in [1.29, 1.82) is 0 Å². The summed E-state index contributed by atoms with van der Waals surface area (Å²) in [4.78, 5) is 4.45. The fourth-order valence-corrected chi connectivity index (χ4v) is 3.65. The fourth-order valence-electron chi connectivity index (χ4n) is 2.89. The Labute approximate surface area is 152 Å². The highest BCUT2D eigenvalue weighted by molar-refractivity contribution is 7.80. The molecule has 0 saturated heterocycles. The van der Waals surface area contributed by atoms with Crippen molar-refractivity contribution >= 4 is 30.0 Å². The van der Waals surface area contributed by atoms with Crippen molar-refractivity contribution in [1.82, 2.24) is 14.8 Å². The standard InChI is InChI=1S/C18H19ClN4S/c1-11-10-12(19)7-8-13(11)17(24)15-16(14-6-4-5-9-21-14)22-23(3)18(15)20-2/h4-10,17,20,24H,1-3H3. The van der Waals surface area contributed by atoms with Crippen LogP contribution in [0.5, 0.6) is 0 Å². The van der Waals surface area contributed by atoms with Gasteiger partial charge in [-0.05, 0) is 42.3 Å². The van der Waals surface area contributed by atoms with Gasteiger partial charge in [0.25, 0.3) is 0 Å². The molecule has 2 aromatic heterocycles. The summed E-state index contributed by atoms with van der Waals surface area (Å²) in [6.45, 7) is 2.04.